The predicted molar refractivity (Wildman–Crippen MR) is 74.2 cm³/mol. The molecule has 2 amide bonds. The van der Waals surface area contributed by atoms with Crippen molar-refractivity contribution in [2.24, 2.45) is 0 Å². The van der Waals surface area contributed by atoms with Crippen LogP contribution in [0.1, 0.15) is 37.1 Å². The number of fused-ring (bicyclic) bond motifs is 1. The topological polar surface area (TPSA) is 70.2 Å². The first-order valence-electron chi connectivity index (χ1n) is 6.69. The van der Waals surface area contributed by atoms with Gasteiger partial charge in [0.15, 0.2) is 0 Å². The Morgan fingerprint density at radius 1 is 1.53 bits per heavy atom. The number of aromatic nitrogens is 2. The van der Waals surface area contributed by atoms with Crippen LogP contribution in [0.15, 0.2) is 6.20 Å². The largest absolute Gasteiger partial charge is 0.347 e. The lowest BCUT2D eigenvalue weighted by molar-refractivity contribution is 0.236. The van der Waals surface area contributed by atoms with Gasteiger partial charge in [0.2, 0.25) is 5.95 Å². The summed E-state index contributed by atoms with van der Waals surface area (Å²) >= 11 is 0. The van der Waals surface area contributed by atoms with Crippen LogP contribution in [0.4, 0.5) is 10.7 Å². The highest BCUT2D eigenvalue weighted by Gasteiger charge is 2.23. The summed E-state index contributed by atoms with van der Waals surface area (Å²) in [4.78, 5) is 22.4. The number of amides is 2. The first-order chi connectivity index (χ1) is 9.11. The third kappa shape index (κ3) is 3.13. The van der Waals surface area contributed by atoms with Gasteiger partial charge in [-0.2, -0.15) is 0 Å². The van der Waals surface area contributed by atoms with Crippen LogP contribution >= 0.6 is 0 Å². The summed E-state index contributed by atoms with van der Waals surface area (Å²) in [5, 5.41) is 5.74. The van der Waals surface area contributed by atoms with Crippen molar-refractivity contribution in [2.45, 2.75) is 32.2 Å². The molecule has 0 saturated heterocycles. The van der Waals surface area contributed by atoms with E-state index in [4.69, 9.17) is 0 Å². The fourth-order valence-electron chi connectivity index (χ4n) is 2.27. The number of hydrogen-bond acceptors (Lipinski definition) is 4. The smallest absolute Gasteiger partial charge is 0.315 e. The maximum atomic E-state index is 11.6. The zero-order chi connectivity index (χ0) is 13.8. The lowest BCUT2D eigenvalue weighted by atomic mass is 9.92. The van der Waals surface area contributed by atoms with Crippen molar-refractivity contribution >= 4 is 12.0 Å². The van der Waals surface area contributed by atoms with Gasteiger partial charge in [-0.1, -0.05) is 0 Å². The molecule has 104 valence electrons. The summed E-state index contributed by atoms with van der Waals surface area (Å²) in [6.07, 6.45) is 4.77. The Balaban J connectivity index is 2.17. The van der Waals surface area contributed by atoms with Crippen molar-refractivity contribution in [3.8, 4) is 0 Å². The van der Waals surface area contributed by atoms with E-state index in [0.29, 0.717) is 6.54 Å². The highest BCUT2D eigenvalue weighted by Crippen LogP contribution is 2.28. The molecule has 6 heteroatoms. The number of anilines is 1. The van der Waals surface area contributed by atoms with E-state index in [1.807, 2.05) is 32.1 Å². The fraction of sp³-hybridized carbons (Fsp3) is 0.615. The zero-order valence-electron chi connectivity index (χ0n) is 11.7. The third-order valence-corrected chi connectivity index (χ3v) is 3.21. The third-order valence-electron chi connectivity index (χ3n) is 3.21. The Kier molecular flexibility index (Phi) is 4.19. The van der Waals surface area contributed by atoms with Gasteiger partial charge in [-0.3, -0.25) is 0 Å². The first kappa shape index (κ1) is 13.6. The minimum absolute atomic E-state index is 0.0199. The van der Waals surface area contributed by atoms with E-state index in [1.54, 1.807) is 0 Å². The fourth-order valence-corrected chi connectivity index (χ4v) is 2.27. The second-order valence-electron chi connectivity index (χ2n) is 4.92. The molecule has 2 rings (SSSR count). The summed E-state index contributed by atoms with van der Waals surface area (Å²) in [5.74, 6) is 0.720. The Hall–Kier alpha value is -1.85. The first-order valence-corrected chi connectivity index (χ1v) is 6.69. The number of hydrogen-bond donors (Lipinski definition) is 2. The maximum Gasteiger partial charge on any atom is 0.315 e. The molecule has 1 aliphatic rings. The number of carbonyl (C=O) groups is 1. The molecule has 0 fully saturated rings. The molecule has 0 saturated carbocycles. The molecule has 1 aromatic rings. The molecule has 2 N–H and O–H groups in total. The summed E-state index contributed by atoms with van der Waals surface area (Å²) in [6, 6.07) is -0.108. The molecule has 1 unspecified atom stereocenters. The van der Waals surface area contributed by atoms with Crippen LogP contribution in [0.5, 0.6) is 0 Å². The van der Waals surface area contributed by atoms with E-state index < -0.39 is 0 Å². The molecule has 1 atom stereocenters. The minimum Gasteiger partial charge on any atom is -0.347 e. The van der Waals surface area contributed by atoms with Gasteiger partial charge >= 0.3 is 6.03 Å². The van der Waals surface area contributed by atoms with Gasteiger partial charge in [0.1, 0.15) is 0 Å². The van der Waals surface area contributed by atoms with E-state index in [2.05, 4.69) is 20.6 Å². The minimum atomic E-state index is -0.128. The highest BCUT2D eigenvalue weighted by atomic mass is 16.2. The summed E-state index contributed by atoms with van der Waals surface area (Å²) < 4.78 is 0. The number of urea groups is 1. The Bertz CT molecular complexity index is 460. The number of aryl methyl sites for hydroxylation is 1. The second-order valence-corrected chi connectivity index (χ2v) is 4.92. The average molecular weight is 263 g/mol. The normalized spacial score (nSPS) is 17.5. The predicted octanol–water partition coefficient (Wildman–Crippen LogP) is 1.24. The Morgan fingerprint density at radius 3 is 3.00 bits per heavy atom. The van der Waals surface area contributed by atoms with E-state index in [0.717, 1.165) is 36.5 Å². The van der Waals surface area contributed by atoms with E-state index >= 15 is 0 Å². The van der Waals surface area contributed by atoms with Crippen LogP contribution in [0.3, 0.4) is 0 Å². The average Bonchev–Trinajstić information content (AvgIpc) is 2.38. The van der Waals surface area contributed by atoms with Crippen LogP contribution in [0.25, 0.3) is 0 Å². The Labute approximate surface area is 113 Å². The molecule has 0 aromatic carbocycles. The van der Waals surface area contributed by atoms with Gasteiger partial charge < -0.3 is 15.5 Å². The lowest BCUT2D eigenvalue weighted by Crippen LogP contribution is -2.39. The molecule has 1 heterocycles. The van der Waals surface area contributed by atoms with Gasteiger partial charge in [0, 0.05) is 32.4 Å². The molecule has 19 heavy (non-hydrogen) atoms. The van der Waals surface area contributed by atoms with E-state index in [1.165, 1.54) is 0 Å². The van der Waals surface area contributed by atoms with Crippen molar-refractivity contribution in [2.75, 3.05) is 25.5 Å². The Morgan fingerprint density at radius 2 is 2.32 bits per heavy atom. The molecular formula is C13H21N5O. The van der Waals surface area contributed by atoms with Crippen molar-refractivity contribution in [1.82, 2.24) is 20.6 Å². The number of carbonyl (C=O) groups excluding carboxylic acids is 1. The van der Waals surface area contributed by atoms with Crippen LogP contribution in [0.2, 0.25) is 0 Å². The number of nitrogens with one attached hydrogen (secondary N) is 2. The SMILES string of the molecule is CCNC(=O)NC1CCCc2nc(N(C)C)ncc21. The van der Waals surface area contributed by atoms with Gasteiger partial charge in [0.25, 0.3) is 0 Å². The summed E-state index contributed by atoms with van der Waals surface area (Å²) in [5.41, 5.74) is 2.09. The second kappa shape index (κ2) is 5.86. The maximum absolute atomic E-state index is 11.6. The molecule has 0 bridgehead atoms. The van der Waals surface area contributed by atoms with Crippen LogP contribution < -0.4 is 15.5 Å². The molecular weight excluding hydrogens is 242 g/mol. The van der Waals surface area contributed by atoms with E-state index in [-0.39, 0.29) is 12.1 Å². The molecule has 0 aliphatic heterocycles. The highest BCUT2D eigenvalue weighted by molar-refractivity contribution is 5.74. The molecule has 1 aliphatic carbocycles. The van der Waals surface area contributed by atoms with Crippen molar-refractivity contribution in [3.63, 3.8) is 0 Å². The zero-order valence-corrected chi connectivity index (χ0v) is 11.7. The number of rotatable bonds is 3. The van der Waals surface area contributed by atoms with E-state index in [9.17, 15) is 4.79 Å². The quantitative estimate of drug-likeness (QED) is 0.860. The monoisotopic (exact) mass is 263 g/mol. The summed E-state index contributed by atoms with van der Waals surface area (Å²) in [7, 11) is 3.85. The van der Waals surface area contributed by atoms with Gasteiger partial charge in [-0.15, -0.1) is 0 Å². The van der Waals surface area contributed by atoms with Crippen molar-refractivity contribution in [3.05, 3.63) is 17.5 Å². The molecule has 6 nitrogen and oxygen atoms in total. The number of nitrogens with zero attached hydrogens (tertiary/aromatic N) is 3. The molecule has 0 radical (unpaired) electrons. The van der Waals surface area contributed by atoms with Crippen LogP contribution in [-0.4, -0.2) is 36.6 Å². The van der Waals surface area contributed by atoms with Gasteiger partial charge in [-0.25, -0.2) is 14.8 Å². The molecule has 0 spiro atoms. The summed E-state index contributed by atoms with van der Waals surface area (Å²) in [6.45, 7) is 2.53. The molecule has 1 aromatic heterocycles. The van der Waals surface area contributed by atoms with Crippen LogP contribution in [-0.2, 0) is 6.42 Å². The van der Waals surface area contributed by atoms with Crippen molar-refractivity contribution in [1.29, 1.82) is 0 Å². The standard InChI is InChI=1S/C13H21N5O/c1-4-14-13(19)17-11-7-5-6-10-9(11)8-15-12(16-10)18(2)3/h8,11H,4-7H2,1-3H3,(H2,14,17,19). The van der Waals surface area contributed by atoms with Crippen molar-refractivity contribution < 1.29 is 4.79 Å². The van der Waals surface area contributed by atoms with Gasteiger partial charge in [-0.05, 0) is 26.2 Å². The van der Waals surface area contributed by atoms with Gasteiger partial charge in [0.05, 0.1) is 11.7 Å². The van der Waals surface area contributed by atoms with Crippen LogP contribution in [0, 0.1) is 0 Å². The lowest BCUT2D eigenvalue weighted by Gasteiger charge is -2.26.